The summed E-state index contributed by atoms with van der Waals surface area (Å²) in [6, 6.07) is 8.76. The Morgan fingerprint density at radius 2 is 1.87 bits per heavy atom. The molecule has 0 radical (unpaired) electrons. The van der Waals surface area contributed by atoms with Crippen molar-refractivity contribution in [2.75, 3.05) is 30.1 Å². The average molecular weight is 452 g/mol. The van der Waals surface area contributed by atoms with E-state index in [2.05, 4.69) is 14.7 Å². The fourth-order valence-corrected chi connectivity index (χ4v) is 4.93. The third kappa shape index (κ3) is 4.22. The van der Waals surface area contributed by atoms with E-state index in [4.69, 9.17) is 21.1 Å². The minimum atomic E-state index is -3.46. The van der Waals surface area contributed by atoms with Gasteiger partial charge in [0.15, 0.2) is 5.78 Å². The number of hydrogen-bond donors (Lipinski definition) is 1. The molecule has 30 heavy (non-hydrogen) atoms. The number of carbonyl (C=O) groups is 1. The maximum atomic E-state index is 12.9. The largest absolute Gasteiger partial charge is 0.492 e. The van der Waals surface area contributed by atoms with Crippen molar-refractivity contribution in [1.82, 2.24) is 9.97 Å². The number of nitrogens with one attached hydrogen (secondary N) is 1. The fraction of sp³-hybridized carbons (Fsp3) is 0.450. The fourth-order valence-electron chi connectivity index (χ4n) is 4.42. The molecule has 2 aromatic rings. The van der Waals surface area contributed by atoms with Crippen molar-refractivity contribution in [2.24, 2.45) is 10.8 Å². The number of hydrogen-bond acceptors (Lipinski definition) is 7. The summed E-state index contributed by atoms with van der Waals surface area (Å²) >= 11 is 5.61. The monoisotopic (exact) mass is 451 g/mol. The molecular weight excluding hydrogens is 430 g/mol. The second kappa shape index (κ2) is 7.70. The lowest BCUT2D eigenvalue weighted by Crippen LogP contribution is -2.67. The second-order valence-electron chi connectivity index (χ2n) is 8.08. The van der Waals surface area contributed by atoms with Crippen LogP contribution in [0.1, 0.15) is 29.6 Å². The summed E-state index contributed by atoms with van der Waals surface area (Å²) in [5.41, 5.74) is 0.375. The van der Waals surface area contributed by atoms with Gasteiger partial charge in [-0.25, -0.2) is 13.4 Å². The first-order chi connectivity index (χ1) is 14.2. The smallest absolute Gasteiger partial charge is 0.239 e. The molecule has 3 saturated carbocycles. The maximum Gasteiger partial charge on any atom is 0.239 e. The number of nitrogens with zero attached hydrogens (tertiary/aromatic N) is 2. The zero-order valence-corrected chi connectivity index (χ0v) is 18.0. The number of alkyl halides is 1. The summed E-state index contributed by atoms with van der Waals surface area (Å²) in [7, 11) is -3.46. The predicted octanol–water partition coefficient (Wildman–Crippen LogP) is 2.90. The summed E-state index contributed by atoms with van der Waals surface area (Å²) in [4.78, 5) is 20.8. The Labute approximate surface area is 180 Å². The van der Waals surface area contributed by atoms with Gasteiger partial charge in [-0.05, 0) is 43.5 Å². The molecule has 1 aromatic carbocycles. The lowest BCUT2D eigenvalue weighted by molar-refractivity contribution is -0.185. The Balaban J connectivity index is 1.31. The molecule has 1 N–H and O–H groups in total. The lowest BCUT2D eigenvalue weighted by Gasteiger charge is -2.69. The Morgan fingerprint density at radius 1 is 1.17 bits per heavy atom. The van der Waals surface area contributed by atoms with Crippen molar-refractivity contribution in [3.05, 3.63) is 42.1 Å². The number of anilines is 1. The molecule has 0 aliphatic heterocycles. The number of carbonyl (C=O) groups excluding carboxylic acids is 1. The van der Waals surface area contributed by atoms with Crippen molar-refractivity contribution in [3.63, 3.8) is 0 Å². The van der Waals surface area contributed by atoms with Crippen molar-refractivity contribution < 1.29 is 22.7 Å². The van der Waals surface area contributed by atoms with E-state index in [0.717, 1.165) is 25.5 Å². The highest BCUT2D eigenvalue weighted by molar-refractivity contribution is 7.91. The highest BCUT2D eigenvalue weighted by atomic mass is 35.5. The third-order valence-corrected chi connectivity index (χ3v) is 6.22. The van der Waals surface area contributed by atoms with E-state index in [-0.39, 0.29) is 22.6 Å². The third-order valence-electron chi connectivity index (χ3n) is 5.52. The van der Waals surface area contributed by atoms with E-state index in [0.29, 0.717) is 36.3 Å². The van der Waals surface area contributed by atoms with Gasteiger partial charge < -0.3 is 9.47 Å². The highest BCUT2D eigenvalue weighted by Crippen LogP contribution is 2.74. The van der Waals surface area contributed by atoms with Gasteiger partial charge in [0.25, 0.3) is 0 Å². The van der Waals surface area contributed by atoms with Crippen molar-refractivity contribution in [1.29, 1.82) is 0 Å². The van der Waals surface area contributed by atoms with E-state index >= 15 is 0 Å². The number of halogens is 1. The zero-order valence-electron chi connectivity index (χ0n) is 16.4. The molecule has 2 bridgehead atoms. The molecule has 0 spiro atoms. The van der Waals surface area contributed by atoms with Gasteiger partial charge in [0.05, 0.1) is 18.7 Å². The van der Waals surface area contributed by atoms with E-state index in [1.165, 1.54) is 6.20 Å². The van der Waals surface area contributed by atoms with Crippen molar-refractivity contribution >= 4 is 33.4 Å². The van der Waals surface area contributed by atoms with Gasteiger partial charge in [-0.15, -0.1) is 11.6 Å². The van der Waals surface area contributed by atoms with Crippen LogP contribution in [-0.2, 0) is 10.0 Å². The van der Waals surface area contributed by atoms with Gasteiger partial charge in [-0.1, -0.05) is 0 Å². The molecule has 0 atom stereocenters. The molecule has 10 heteroatoms. The standard InChI is InChI=1S/C20H22ClN3O5S/c1-30(26,27)24-18-22-8-6-16(23-18)29-13-19-10-20(11-19,12-19)17(25)14-2-4-15(5-3-14)28-9-7-21/h2-6,8H,7,9-13H2,1H3,(H,22,23,24). The first kappa shape index (κ1) is 20.9. The van der Waals surface area contributed by atoms with Crippen LogP contribution < -0.4 is 14.2 Å². The Bertz CT molecular complexity index is 1040. The summed E-state index contributed by atoms with van der Waals surface area (Å²) in [6.45, 7) is 0.863. The molecule has 0 saturated heterocycles. The molecule has 1 heterocycles. The van der Waals surface area contributed by atoms with Crippen molar-refractivity contribution in [3.8, 4) is 11.6 Å². The first-order valence-corrected chi connectivity index (χ1v) is 11.9. The zero-order chi connectivity index (χ0) is 21.4. The number of benzene rings is 1. The van der Waals surface area contributed by atoms with Gasteiger partial charge in [0.2, 0.25) is 21.9 Å². The van der Waals surface area contributed by atoms with Crippen LogP contribution in [0.3, 0.4) is 0 Å². The molecule has 0 unspecified atom stereocenters. The molecule has 0 amide bonds. The van der Waals surface area contributed by atoms with E-state index < -0.39 is 10.0 Å². The van der Waals surface area contributed by atoms with Crippen LogP contribution in [0, 0.1) is 10.8 Å². The van der Waals surface area contributed by atoms with E-state index in [1.807, 2.05) is 0 Å². The molecule has 8 nitrogen and oxygen atoms in total. The highest BCUT2D eigenvalue weighted by Gasteiger charge is 2.71. The van der Waals surface area contributed by atoms with Crippen LogP contribution in [0.2, 0.25) is 0 Å². The van der Waals surface area contributed by atoms with Gasteiger partial charge in [-0.2, -0.15) is 4.98 Å². The normalized spacial score (nSPS) is 24.3. The Morgan fingerprint density at radius 3 is 2.50 bits per heavy atom. The summed E-state index contributed by atoms with van der Waals surface area (Å²) < 4.78 is 36.0. The molecule has 3 fully saturated rings. The average Bonchev–Trinajstić information content (AvgIpc) is 2.63. The number of Topliss-reactive ketones (excluding diaryl/α,β-unsaturated/α-hetero) is 1. The van der Waals surface area contributed by atoms with Gasteiger partial charge in [0.1, 0.15) is 12.4 Å². The SMILES string of the molecule is CS(=O)(=O)Nc1nccc(OCC23CC(C(=O)c4ccc(OCCCl)cc4)(C2)C3)n1. The van der Waals surface area contributed by atoms with Crippen LogP contribution in [0.4, 0.5) is 5.95 Å². The van der Waals surface area contributed by atoms with Crippen LogP contribution in [0.5, 0.6) is 11.6 Å². The molecule has 3 aliphatic carbocycles. The molecule has 3 aliphatic rings. The minimum absolute atomic E-state index is 0.0194. The number of ether oxygens (including phenoxy) is 2. The number of aromatic nitrogens is 2. The maximum absolute atomic E-state index is 12.9. The first-order valence-electron chi connectivity index (χ1n) is 9.50. The predicted molar refractivity (Wildman–Crippen MR) is 112 cm³/mol. The van der Waals surface area contributed by atoms with Gasteiger partial charge in [-0.3, -0.25) is 9.52 Å². The molecular formula is C20H22ClN3O5S. The second-order valence-corrected chi connectivity index (χ2v) is 10.2. The number of ketones is 1. The van der Waals surface area contributed by atoms with E-state index in [1.54, 1.807) is 30.3 Å². The van der Waals surface area contributed by atoms with Crippen LogP contribution >= 0.6 is 11.6 Å². The lowest BCUT2D eigenvalue weighted by atomic mass is 9.34. The van der Waals surface area contributed by atoms with Crippen molar-refractivity contribution in [2.45, 2.75) is 19.3 Å². The topological polar surface area (TPSA) is 107 Å². The van der Waals surface area contributed by atoms with Gasteiger partial charge >= 0.3 is 0 Å². The summed E-state index contributed by atoms with van der Waals surface area (Å²) in [5, 5.41) is 0. The minimum Gasteiger partial charge on any atom is -0.492 e. The summed E-state index contributed by atoms with van der Waals surface area (Å²) in [5.74, 6) is 1.55. The van der Waals surface area contributed by atoms with Gasteiger partial charge in [0, 0.05) is 28.7 Å². The van der Waals surface area contributed by atoms with Crippen LogP contribution in [0.15, 0.2) is 36.5 Å². The molecule has 160 valence electrons. The number of rotatable bonds is 10. The molecule has 1 aromatic heterocycles. The Kier molecular flexibility index (Phi) is 5.36. The number of sulfonamides is 1. The summed E-state index contributed by atoms with van der Waals surface area (Å²) in [6.07, 6.45) is 4.81. The van der Waals surface area contributed by atoms with E-state index in [9.17, 15) is 13.2 Å². The quantitative estimate of drug-likeness (QED) is 0.437. The van der Waals surface area contributed by atoms with Crippen LogP contribution in [0.25, 0.3) is 0 Å². The molecule has 5 rings (SSSR count). The Hall–Kier alpha value is -2.39. The van der Waals surface area contributed by atoms with Crippen LogP contribution in [-0.4, -0.2) is 49.5 Å².